The van der Waals surface area contributed by atoms with Gasteiger partial charge in [-0.2, -0.15) is 9.97 Å². The summed E-state index contributed by atoms with van der Waals surface area (Å²) >= 11 is 0. The molecule has 5 rings (SSSR count). The van der Waals surface area contributed by atoms with E-state index < -0.39 is 24.2 Å². The lowest BCUT2D eigenvalue weighted by Crippen LogP contribution is -2.43. The van der Waals surface area contributed by atoms with Crippen molar-refractivity contribution in [1.29, 1.82) is 0 Å². The molecule has 0 aliphatic heterocycles. The normalized spacial score (nSPS) is 10.9. The molecular formula is C36H37N9O8. The molecule has 0 saturated heterocycles. The van der Waals surface area contributed by atoms with Crippen LogP contribution in [0.1, 0.15) is 23.6 Å². The molecule has 0 saturated carbocycles. The van der Waals surface area contributed by atoms with Crippen LogP contribution in [0.25, 0.3) is 11.2 Å². The second kappa shape index (κ2) is 19.4. The van der Waals surface area contributed by atoms with Crippen LogP contribution in [0.4, 0.5) is 26.1 Å². The molecule has 0 aliphatic carbocycles. The van der Waals surface area contributed by atoms with Gasteiger partial charge in [0, 0.05) is 13.1 Å². The van der Waals surface area contributed by atoms with Gasteiger partial charge in [-0.05, 0) is 23.6 Å². The van der Waals surface area contributed by atoms with Gasteiger partial charge in [0.25, 0.3) is 0 Å². The van der Waals surface area contributed by atoms with E-state index in [-0.39, 0.29) is 75.0 Å². The molecule has 53 heavy (non-hydrogen) atoms. The first kappa shape index (κ1) is 37.2. The number of benzene rings is 3. The highest BCUT2D eigenvalue weighted by atomic mass is 16.6. The van der Waals surface area contributed by atoms with Crippen molar-refractivity contribution in [3.05, 3.63) is 114 Å². The number of anilines is 2. The van der Waals surface area contributed by atoms with Gasteiger partial charge in [0.15, 0.2) is 17.0 Å². The van der Waals surface area contributed by atoms with Crippen LogP contribution in [0.15, 0.2) is 102 Å². The Hall–Kier alpha value is -7.04. The van der Waals surface area contributed by atoms with Gasteiger partial charge in [0.05, 0.1) is 12.9 Å². The fraction of sp³-hybridized carbons (Fsp3) is 0.222. The number of carbonyl (C=O) groups excluding carboxylic acids is 4. The Morgan fingerprint density at radius 3 is 1.91 bits per heavy atom. The van der Waals surface area contributed by atoms with Crippen molar-refractivity contribution in [3.63, 3.8) is 0 Å². The minimum Gasteiger partial charge on any atom is -0.465 e. The Balaban J connectivity index is 1.25. The van der Waals surface area contributed by atoms with Gasteiger partial charge in [-0.15, -0.1) is 4.99 Å². The van der Waals surface area contributed by atoms with Gasteiger partial charge >= 0.3 is 24.2 Å². The first-order valence-corrected chi connectivity index (χ1v) is 16.5. The first-order valence-electron chi connectivity index (χ1n) is 16.5. The van der Waals surface area contributed by atoms with E-state index in [0.29, 0.717) is 0 Å². The zero-order valence-electron chi connectivity index (χ0n) is 28.7. The number of carbonyl (C=O) groups is 4. The largest absolute Gasteiger partial charge is 0.465 e. The Morgan fingerprint density at radius 2 is 1.30 bits per heavy atom. The lowest BCUT2D eigenvalue weighted by Gasteiger charge is -2.13. The Bertz CT molecular complexity index is 2010. The summed E-state index contributed by atoms with van der Waals surface area (Å²) in [5.41, 5.74) is 2.74. The summed E-state index contributed by atoms with van der Waals surface area (Å²) in [7, 11) is 0. The molecule has 17 heteroatoms. The van der Waals surface area contributed by atoms with Crippen molar-refractivity contribution < 1.29 is 38.1 Å². The number of hydrogen-bond donors (Lipinski definition) is 4. The maximum atomic E-state index is 12.7. The van der Waals surface area contributed by atoms with Crippen molar-refractivity contribution in [1.82, 2.24) is 30.2 Å². The van der Waals surface area contributed by atoms with E-state index >= 15 is 0 Å². The Kier molecular flexibility index (Phi) is 13.6. The zero-order valence-corrected chi connectivity index (χ0v) is 28.7. The number of guanidine groups is 1. The number of imidazole rings is 1. The van der Waals surface area contributed by atoms with Crippen molar-refractivity contribution in [2.75, 3.05) is 30.3 Å². The first-order chi connectivity index (χ1) is 25.9. The van der Waals surface area contributed by atoms with Crippen LogP contribution in [0.2, 0.25) is 0 Å². The number of alkyl carbamates (subject to hydrolysis) is 1. The van der Waals surface area contributed by atoms with Gasteiger partial charge in [-0.25, -0.2) is 19.4 Å². The van der Waals surface area contributed by atoms with Crippen LogP contribution >= 0.6 is 0 Å². The molecule has 0 fully saturated rings. The standard InChI is InChI=1S/C36H37N9O8/c1-2-50-28(46)20-45-24-39-29-30(41-34(47)51-21-25-12-6-3-7-13-25)40-32(42-31(29)45)37-18-19-38-33(43-35(48)52-22-26-14-8-4-9-15-26)44-36(49)53-23-27-16-10-5-11-17-27/h3-17,24H,2,18-23H2,1H3,(H2,37,40,41,42,47)(H2,38,43,44,48,49). The smallest absolute Gasteiger partial charge is 0.437 e. The number of ether oxygens (including phenoxy) is 4. The number of amides is 3. The van der Waals surface area contributed by atoms with Gasteiger partial charge in [0.1, 0.15) is 26.4 Å². The zero-order chi connectivity index (χ0) is 37.3. The fourth-order valence-electron chi connectivity index (χ4n) is 4.59. The number of aromatic nitrogens is 4. The molecule has 0 radical (unpaired) electrons. The predicted molar refractivity (Wildman–Crippen MR) is 193 cm³/mol. The van der Waals surface area contributed by atoms with E-state index in [1.807, 2.05) is 66.7 Å². The minimum atomic E-state index is -0.953. The third kappa shape index (κ3) is 12.1. The molecule has 0 aliphatic rings. The summed E-state index contributed by atoms with van der Waals surface area (Å²) < 4.78 is 22.4. The highest BCUT2D eigenvalue weighted by Crippen LogP contribution is 2.21. The van der Waals surface area contributed by atoms with Gasteiger partial charge in [0.2, 0.25) is 11.9 Å². The number of nitrogens with zero attached hydrogens (tertiary/aromatic N) is 5. The number of rotatable bonds is 14. The fourth-order valence-corrected chi connectivity index (χ4v) is 4.59. The highest BCUT2D eigenvalue weighted by molar-refractivity contribution is 5.98. The lowest BCUT2D eigenvalue weighted by atomic mass is 10.2. The molecule has 274 valence electrons. The van der Waals surface area contributed by atoms with Gasteiger partial charge in [-0.1, -0.05) is 91.0 Å². The molecule has 3 aromatic carbocycles. The van der Waals surface area contributed by atoms with E-state index in [4.69, 9.17) is 18.9 Å². The lowest BCUT2D eigenvalue weighted by molar-refractivity contribution is -0.143. The van der Waals surface area contributed by atoms with E-state index in [0.717, 1.165) is 16.7 Å². The summed E-state index contributed by atoms with van der Waals surface area (Å²) in [5, 5.41) is 10.9. The van der Waals surface area contributed by atoms with E-state index in [2.05, 4.69) is 41.2 Å². The Labute approximate surface area is 303 Å². The summed E-state index contributed by atoms with van der Waals surface area (Å²) in [5.74, 6) is -0.656. The predicted octanol–water partition coefficient (Wildman–Crippen LogP) is 4.76. The molecule has 0 spiro atoms. The molecule has 0 atom stereocenters. The van der Waals surface area contributed by atoms with Crippen LogP contribution in [0.5, 0.6) is 0 Å². The van der Waals surface area contributed by atoms with E-state index in [9.17, 15) is 19.2 Å². The third-order valence-corrected chi connectivity index (χ3v) is 7.04. The van der Waals surface area contributed by atoms with Crippen LogP contribution in [0.3, 0.4) is 0 Å². The molecule has 2 aromatic heterocycles. The van der Waals surface area contributed by atoms with Crippen LogP contribution in [-0.2, 0) is 50.1 Å². The third-order valence-electron chi connectivity index (χ3n) is 7.04. The van der Waals surface area contributed by atoms with E-state index in [1.54, 1.807) is 31.2 Å². The molecule has 0 bridgehead atoms. The number of nitrogens with one attached hydrogen (secondary N) is 4. The topological polar surface area (TPSA) is 209 Å². The summed E-state index contributed by atoms with van der Waals surface area (Å²) in [4.78, 5) is 67.2. The van der Waals surface area contributed by atoms with Gasteiger partial charge < -0.3 is 34.1 Å². The summed E-state index contributed by atoms with van der Waals surface area (Å²) in [6.45, 7) is 1.87. The SMILES string of the molecule is CCOC(=O)Cn1cnc2c(NC(=O)OCc3ccccc3)nc(NCCN/C(=N\C(=O)OCc3ccccc3)NC(=O)OCc3ccccc3)nc21. The molecular weight excluding hydrogens is 686 g/mol. The van der Waals surface area contributed by atoms with Crippen molar-refractivity contribution >= 4 is 53.1 Å². The number of fused-ring (bicyclic) bond motifs is 1. The highest BCUT2D eigenvalue weighted by Gasteiger charge is 2.18. The summed E-state index contributed by atoms with van der Waals surface area (Å²) in [6, 6.07) is 27.2. The molecule has 4 N–H and O–H groups in total. The average Bonchev–Trinajstić information content (AvgIpc) is 3.57. The maximum Gasteiger partial charge on any atom is 0.437 e. The molecule has 3 amide bonds. The number of esters is 1. The number of hydrogen-bond acceptors (Lipinski definition) is 12. The quantitative estimate of drug-likeness (QED) is 0.0401. The van der Waals surface area contributed by atoms with E-state index in [1.165, 1.54) is 10.9 Å². The van der Waals surface area contributed by atoms with Gasteiger partial charge in [-0.3, -0.25) is 15.4 Å². The van der Waals surface area contributed by atoms with Crippen molar-refractivity contribution in [2.45, 2.75) is 33.3 Å². The maximum absolute atomic E-state index is 12.7. The van der Waals surface area contributed by atoms with Crippen molar-refractivity contribution in [3.8, 4) is 0 Å². The number of aliphatic imine (C=N–C) groups is 1. The second-order valence-corrected chi connectivity index (χ2v) is 11.0. The van der Waals surface area contributed by atoms with Crippen molar-refractivity contribution in [2.24, 2.45) is 4.99 Å². The van der Waals surface area contributed by atoms with Crippen LogP contribution in [0, 0.1) is 0 Å². The molecule has 5 aromatic rings. The molecule has 0 unspecified atom stereocenters. The molecule has 17 nitrogen and oxygen atoms in total. The molecule has 2 heterocycles. The summed E-state index contributed by atoms with van der Waals surface area (Å²) in [6.07, 6.45) is -1.22. The van der Waals surface area contributed by atoms with Crippen LogP contribution < -0.4 is 21.3 Å². The Morgan fingerprint density at radius 1 is 0.717 bits per heavy atom. The van der Waals surface area contributed by atoms with Crippen LogP contribution in [-0.4, -0.2) is 69.4 Å². The second-order valence-electron chi connectivity index (χ2n) is 11.0. The monoisotopic (exact) mass is 723 g/mol. The minimum absolute atomic E-state index is 0.0112. The average molecular weight is 724 g/mol.